The fourth-order valence-corrected chi connectivity index (χ4v) is 2.69. The molecule has 1 aromatic carbocycles. The Bertz CT molecular complexity index is 563. The molecule has 118 valence electrons. The Kier molecular flexibility index (Phi) is 6.32. The Balaban J connectivity index is 1.87. The molecule has 0 spiro atoms. The van der Waals surface area contributed by atoms with Gasteiger partial charge in [0, 0.05) is 24.2 Å². The summed E-state index contributed by atoms with van der Waals surface area (Å²) in [6, 6.07) is 8.94. The molecule has 0 bridgehead atoms. The van der Waals surface area contributed by atoms with Gasteiger partial charge in [0.15, 0.2) is 0 Å². The molecule has 1 aromatic heterocycles. The van der Waals surface area contributed by atoms with Crippen LogP contribution in [0.3, 0.4) is 0 Å². The zero-order valence-electron chi connectivity index (χ0n) is 12.0. The van der Waals surface area contributed by atoms with Gasteiger partial charge in [-0.3, -0.25) is 4.98 Å². The maximum absolute atomic E-state index is 10.9. The molecule has 0 saturated heterocycles. The van der Waals surface area contributed by atoms with E-state index in [-0.39, 0.29) is 0 Å². The van der Waals surface area contributed by atoms with Crippen LogP contribution in [0.15, 0.2) is 42.0 Å². The monoisotopic (exact) mass is 321 g/mol. The summed E-state index contributed by atoms with van der Waals surface area (Å²) in [6.45, 7) is 0.905. The molecule has 0 aliphatic heterocycles. The van der Waals surface area contributed by atoms with Crippen molar-refractivity contribution in [2.24, 2.45) is 0 Å². The fraction of sp³-hybridized carbons (Fsp3) is 0.333. The first kappa shape index (κ1) is 16.4. The molecule has 0 radical (unpaired) electrons. The second-order valence-electron chi connectivity index (χ2n) is 4.91. The van der Waals surface area contributed by atoms with E-state index in [0.29, 0.717) is 19.5 Å². The molecule has 2 atom stereocenters. The average Bonchev–Trinajstić information content (AvgIpc) is 3.00. The summed E-state index contributed by atoms with van der Waals surface area (Å²) < 4.78 is 0. The standard InChI is InChI=1S/C15H19N3O3S/c19-14(9-16-7-12-8-17-10-22-12)13(18-15(20)21)6-11-4-2-1-3-5-11/h1-5,8,10,13-14,16,18-19H,6-7,9H2,(H,20,21)/t13-,14+/m0/s1. The minimum absolute atomic E-state index is 0.301. The van der Waals surface area contributed by atoms with Crippen LogP contribution in [-0.4, -0.2) is 40.0 Å². The molecular weight excluding hydrogens is 302 g/mol. The van der Waals surface area contributed by atoms with Crippen LogP contribution in [0.4, 0.5) is 4.79 Å². The van der Waals surface area contributed by atoms with Crippen molar-refractivity contribution in [2.45, 2.75) is 25.1 Å². The maximum atomic E-state index is 10.9. The summed E-state index contributed by atoms with van der Waals surface area (Å²) in [6.07, 6.45) is 0.254. The van der Waals surface area contributed by atoms with Crippen LogP contribution in [0.2, 0.25) is 0 Å². The number of rotatable bonds is 8. The van der Waals surface area contributed by atoms with Gasteiger partial charge in [-0.2, -0.15) is 0 Å². The molecule has 0 unspecified atom stereocenters. The lowest BCUT2D eigenvalue weighted by atomic mass is 10.0. The number of aliphatic hydroxyl groups is 1. The van der Waals surface area contributed by atoms with E-state index in [9.17, 15) is 9.90 Å². The van der Waals surface area contributed by atoms with Gasteiger partial charge in [-0.25, -0.2) is 4.79 Å². The van der Waals surface area contributed by atoms with Gasteiger partial charge in [0.05, 0.1) is 17.7 Å². The van der Waals surface area contributed by atoms with E-state index < -0.39 is 18.2 Å². The van der Waals surface area contributed by atoms with Gasteiger partial charge in [-0.15, -0.1) is 11.3 Å². The molecule has 7 heteroatoms. The molecule has 0 aliphatic carbocycles. The van der Waals surface area contributed by atoms with Crippen LogP contribution in [0.1, 0.15) is 10.4 Å². The normalized spacial score (nSPS) is 13.5. The van der Waals surface area contributed by atoms with Crippen molar-refractivity contribution in [3.8, 4) is 0 Å². The first-order valence-electron chi connectivity index (χ1n) is 6.94. The zero-order chi connectivity index (χ0) is 15.8. The lowest BCUT2D eigenvalue weighted by molar-refractivity contribution is 0.117. The van der Waals surface area contributed by atoms with Gasteiger partial charge in [-0.05, 0) is 12.0 Å². The van der Waals surface area contributed by atoms with Crippen LogP contribution in [0, 0.1) is 0 Å². The summed E-state index contributed by atoms with van der Waals surface area (Å²) in [5, 5.41) is 24.7. The molecule has 22 heavy (non-hydrogen) atoms. The SMILES string of the molecule is O=C(O)N[C@@H](Cc1ccccc1)[C@H](O)CNCc1cncs1. The van der Waals surface area contributed by atoms with Crippen molar-refractivity contribution in [1.29, 1.82) is 0 Å². The van der Waals surface area contributed by atoms with E-state index in [2.05, 4.69) is 15.6 Å². The van der Waals surface area contributed by atoms with E-state index >= 15 is 0 Å². The Morgan fingerprint density at radius 2 is 2.09 bits per heavy atom. The third-order valence-electron chi connectivity index (χ3n) is 3.21. The van der Waals surface area contributed by atoms with E-state index in [1.54, 1.807) is 11.7 Å². The number of thiazole rings is 1. The molecule has 0 fully saturated rings. The number of aromatic nitrogens is 1. The van der Waals surface area contributed by atoms with Crippen molar-refractivity contribution < 1.29 is 15.0 Å². The highest BCUT2D eigenvalue weighted by atomic mass is 32.1. The van der Waals surface area contributed by atoms with E-state index in [0.717, 1.165) is 10.4 Å². The molecule has 1 heterocycles. The van der Waals surface area contributed by atoms with E-state index in [1.165, 1.54) is 11.3 Å². The van der Waals surface area contributed by atoms with Crippen LogP contribution in [0.5, 0.6) is 0 Å². The maximum Gasteiger partial charge on any atom is 0.404 e. The predicted octanol–water partition coefficient (Wildman–Crippen LogP) is 1.47. The summed E-state index contributed by atoms with van der Waals surface area (Å²) in [5.74, 6) is 0. The van der Waals surface area contributed by atoms with Gasteiger partial charge < -0.3 is 20.8 Å². The molecule has 4 N–H and O–H groups in total. The summed E-state index contributed by atoms with van der Waals surface area (Å²) in [7, 11) is 0. The fourth-order valence-electron chi connectivity index (χ4n) is 2.12. The summed E-state index contributed by atoms with van der Waals surface area (Å²) in [4.78, 5) is 16.0. The van der Waals surface area contributed by atoms with Crippen molar-refractivity contribution in [3.63, 3.8) is 0 Å². The van der Waals surface area contributed by atoms with Crippen LogP contribution in [0.25, 0.3) is 0 Å². The number of nitrogens with zero attached hydrogens (tertiary/aromatic N) is 1. The number of amides is 1. The average molecular weight is 321 g/mol. The molecule has 1 amide bonds. The summed E-state index contributed by atoms with van der Waals surface area (Å²) in [5.41, 5.74) is 2.72. The minimum atomic E-state index is -1.14. The van der Waals surface area contributed by atoms with Crippen molar-refractivity contribution in [1.82, 2.24) is 15.6 Å². The van der Waals surface area contributed by atoms with Gasteiger partial charge in [0.2, 0.25) is 0 Å². The lowest BCUT2D eigenvalue weighted by Gasteiger charge is -2.23. The quantitative estimate of drug-likeness (QED) is 0.591. The molecular formula is C15H19N3O3S. The predicted molar refractivity (Wildman–Crippen MR) is 84.9 cm³/mol. The highest BCUT2D eigenvalue weighted by molar-refractivity contribution is 7.09. The molecule has 2 rings (SSSR count). The highest BCUT2D eigenvalue weighted by Crippen LogP contribution is 2.08. The van der Waals surface area contributed by atoms with Gasteiger partial charge in [0.25, 0.3) is 0 Å². The Hall–Kier alpha value is -1.96. The van der Waals surface area contributed by atoms with Crippen molar-refractivity contribution in [2.75, 3.05) is 6.54 Å². The van der Waals surface area contributed by atoms with Gasteiger partial charge in [0.1, 0.15) is 0 Å². The second-order valence-corrected chi connectivity index (χ2v) is 5.88. The van der Waals surface area contributed by atoms with Gasteiger partial charge in [-0.1, -0.05) is 30.3 Å². The zero-order valence-corrected chi connectivity index (χ0v) is 12.8. The first-order valence-corrected chi connectivity index (χ1v) is 7.82. The smallest absolute Gasteiger partial charge is 0.404 e. The molecule has 0 saturated carbocycles. The number of nitrogens with one attached hydrogen (secondary N) is 2. The third-order valence-corrected chi connectivity index (χ3v) is 3.99. The van der Waals surface area contributed by atoms with Crippen LogP contribution < -0.4 is 10.6 Å². The lowest BCUT2D eigenvalue weighted by Crippen LogP contribution is -2.48. The summed E-state index contributed by atoms with van der Waals surface area (Å²) >= 11 is 1.53. The number of hydrogen-bond acceptors (Lipinski definition) is 5. The first-order chi connectivity index (χ1) is 10.6. The topological polar surface area (TPSA) is 94.5 Å². The Morgan fingerprint density at radius 3 is 2.73 bits per heavy atom. The molecule has 2 aromatic rings. The van der Waals surface area contributed by atoms with Crippen molar-refractivity contribution >= 4 is 17.4 Å². The number of carbonyl (C=O) groups is 1. The largest absolute Gasteiger partial charge is 0.465 e. The Morgan fingerprint density at radius 1 is 1.32 bits per heavy atom. The molecule has 6 nitrogen and oxygen atoms in total. The minimum Gasteiger partial charge on any atom is -0.465 e. The number of benzene rings is 1. The third kappa shape index (κ3) is 5.44. The second kappa shape index (κ2) is 8.47. The van der Waals surface area contributed by atoms with Crippen LogP contribution in [-0.2, 0) is 13.0 Å². The highest BCUT2D eigenvalue weighted by Gasteiger charge is 2.21. The van der Waals surface area contributed by atoms with Crippen LogP contribution >= 0.6 is 11.3 Å². The molecule has 0 aliphatic rings. The van der Waals surface area contributed by atoms with Crippen molar-refractivity contribution in [3.05, 3.63) is 52.5 Å². The Labute approximate surface area is 132 Å². The number of carboxylic acid groups (broad SMARTS) is 1. The van der Waals surface area contributed by atoms with Gasteiger partial charge >= 0.3 is 6.09 Å². The van der Waals surface area contributed by atoms with E-state index in [1.807, 2.05) is 30.3 Å². The number of aliphatic hydroxyl groups excluding tert-OH is 1. The van der Waals surface area contributed by atoms with E-state index in [4.69, 9.17) is 5.11 Å². The number of hydrogen-bond donors (Lipinski definition) is 4.